The Morgan fingerprint density at radius 2 is 1.61 bits per heavy atom. The Kier molecular flexibility index (Phi) is 10.1. The molecule has 0 radical (unpaired) electrons. The van der Waals surface area contributed by atoms with Gasteiger partial charge in [-0.15, -0.1) is 0 Å². The van der Waals surface area contributed by atoms with E-state index in [9.17, 15) is 4.79 Å². The van der Waals surface area contributed by atoms with Crippen molar-refractivity contribution in [1.29, 1.82) is 0 Å². The first kappa shape index (κ1) is 24.6. The van der Waals surface area contributed by atoms with E-state index in [2.05, 4.69) is 53.4 Å². The molecule has 33 heavy (non-hydrogen) atoms. The summed E-state index contributed by atoms with van der Waals surface area (Å²) in [5, 5.41) is 7.00. The van der Waals surface area contributed by atoms with Gasteiger partial charge in [0.25, 0.3) is 0 Å². The van der Waals surface area contributed by atoms with Gasteiger partial charge in [-0.1, -0.05) is 66.7 Å². The van der Waals surface area contributed by atoms with Crippen LogP contribution in [0.15, 0.2) is 78.9 Å². The molecule has 1 fully saturated rings. The number of nitrogens with zero attached hydrogens (tertiary/aromatic N) is 1. The lowest BCUT2D eigenvalue weighted by molar-refractivity contribution is -0.107. The van der Waals surface area contributed by atoms with Crippen LogP contribution in [0, 0.1) is 0 Å². The number of aldehydes is 1. The number of aliphatic hydroxyl groups is 1. The number of aliphatic hydroxyl groups excluding tert-OH is 1. The summed E-state index contributed by atoms with van der Waals surface area (Å²) < 4.78 is 11.9. The number of ether oxygens (including phenoxy) is 2. The van der Waals surface area contributed by atoms with E-state index in [-0.39, 0.29) is 6.10 Å². The van der Waals surface area contributed by atoms with Crippen LogP contribution in [0.5, 0.6) is 5.75 Å². The monoisotopic (exact) mass is 447 g/mol. The summed E-state index contributed by atoms with van der Waals surface area (Å²) in [6.45, 7) is 4.10. The van der Waals surface area contributed by atoms with Crippen molar-refractivity contribution in [3.8, 4) is 5.75 Å². The molecule has 0 saturated carbocycles. The lowest BCUT2D eigenvalue weighted by Crippen LogP contribution is -2.37. The number of morpholine rings is 1. The number of carbonyl (C=O) groups excluding carboxylic acids is 1. The second kappa shape index (κ2) is 13.5. The SMILES string of the molecule is CO.O=CCCc1ccc(OCc2ccc(CN3CCOC(c4ccccc4)C3)cc2)cc1. The standard InChI is InChI=1S/C27H29NO3.CH4O/c29-17-4-5-22-12-14-26(15-13-22)31-21-24-10-8-23(9-11-24)19-28-16-18-30-27(20-28)25-6-2-1-3-7-25;1-2/h1-3,6-15,17,27H,4-5,16,18-21H2;2H,1H3. The van der Waals surface area contributed by atoms with E-state index in [1.54, 1.807) is 0 Å². The molecule has 5 nitrogen and oxygen atoms in total. The van der Waals surface area contributed by atoms with Gasteiger partial charge in [-0.25, -0.2) is 0 Å². The molecule has 5 heteroatoms. The van der Waals surface area contributed by atoms with Gasteiger partial charge < -0.3 is 19.4 Å². The molecule has 3 aromatic carbocycles. The molecular weight excluding hydrogens is 414 g/mol. The highest BCUT2D eigenvalue weighted by atomic mass is 16.5. The van der Waals surface area contributed by atoms with Crippen molar-refractivity contribution in [2.75, 3.05) is 26.8 Å². The number of rotatable bonds is 9. The molecule has 1 atom stereocenters. The number of hydrogen-bond donors (Lipinski definition) is 1. The van der Waals surface area contributed by atoms with Crippen LogP contribution in [0.1, 0.15) is 34.8 Å². The number of hydrogen-bond acceptors (Lipinski definition) is 5. The average molecular weight is 448 g/mol. The summed E-state index contributed by atoms with van der Waals surface area (Å²) in [6.07, 6.45) is 2.44. The Hall–Kier alpha value is -2.99. The minimum Gasteiger partial charge on any atom is -0.489 e. The summed E-state index contributed by atoms with van der Waals surface area (Å²) in [7, 11) is 1.00. The number of carbonyl (C=O) groups is 1. The minimum atomic E-state index is 0.146. The van der Waals surface area contributed by atoms with E-state index in [4.69, 9.17) is 14.6 Å². The minimum absolute atomic E-state index is 0.146. The molecule has 0 amide bonds. The molecule has 0 aliphatic carbocycles. The second-order valence-corrected chi connectivity index (χ2v) is 7.96. The van der Waals surface area contributed by atoms with E-state index in [1.807, 2.05) is 30.3 Å². The molecule has 1 aliphatic heterocycles. The quantitative estimate of drug-likeness (QED) is 0.487. The molecule has 1 aliphatic rings. The van der Waals surface area contributed by atoms with Crippen LogP contribution in [0.4, 0.5) is 0 Å². The fourth-order valence-electron chi connectivity index (χ4n) is 3.86. The Labute approximate surface area is 196 Å². The first-order valence-electron chi connectivity index (χ1n) is 11.4. The molecule has 1 unspecified atom stereocenters. The number of aryl methyl sites for hydroxylation is 1. The summed E-state index contributed by atoms with van der Waals surface area (Å²) in [5.41, 5.74) is 4.85. The predicted molar refractivity (Wildman–Crippen MR) is 130 cm³/mol. The third-order valence-electron chi connectivity index (χ3n) is 5.63. The van der Waals surface area contributed by atoms with Crippen molar-refractivity contribution >= 4 is 6.29 Å². The van der Waals surface area contributed by atoms with Crippen LogP contribution < -0.4 is 4.74 Å². The maximum atomic E-state index is 10.5. The first-order valence-corrected chi connectivity index (χ1v) is 11.4. The van der Waals surface area contributed by atoms with Gasteiger partial charge in [-0.05, 0) is 40.8 Å². The van der Waals surface area contributed by atoms with Crippen LogP contribution in [-0.4, -0.2) is 43.1 Å². The maximum absolute atomic E-state index is 10.5. The van der Waals surface area contributed by atoms with Crippen molar-refractivity contribution in [3.05, 3.63) is 101 Å². The van der Waals surface area contributed by atoms with Gasteiger partial charge in [-0.2, -0.15) is 0 Å². The van der Waals surface area contributed by atoms with Crippen molar-refractivity contribution in [1.82, 2.24) is 4.90 Å². The second-order valence-electron chi connectivity index (χ2n) is 7.96. The summed E-state index contributed by atoms with van der Waals surface area (Å²) >= 11 is 0. The predicted octanol–water partition coefficient (Wildman–Crippen LogP) is 4.58. The highest BCUT2D eigenvalue weighted by Gasteiger charge is 2.21. The first-order chi connectivity index (χ1) is 16.3. The van der Waals surface area contributed by atoms with Crippen LogP contribution in [0.3, 0.4) is 0 Å². The van der Waals surface area contributed by atoms with Crippen LogP contribution in [0.2, 0.25) is 0 Å². The molecule has 0 spiro atoms. The third-order valence-corrected chi connectivity index (χ3v) is 5.63. The highest BCUT2D eigenvalue weighted by Crippen LogP contribution is 2.23. The van der Waals surface area contributed by atoms with Crippen molar-refractivity contribution in [3.63, 3.8) is 0 Å². The zero-order valence-corrected chi connectivity index (χ0v) is 19.2. The molecule has 1 saturated heterocycles. The van der Waals surface area contributed by atoms with E-state index in [0.717, 1.165) is 62.9 Å². The highest BCUT2D eigenvalue weighted by molar-refractivity contribution is 5.50. The van der Waals surface area contributed by atoms with Crippen molar-refractivity contribution < 1.29 is 19.4 Å². The molecule has 174 valence electrons. The molecule has 3 aromatic rings. The summed E-state index contributed by atoms with van der Waals surface area (Å²) in [6, 6.07) is 27.1. The van der Waals surface area contributed by atoms with Crippen LogP contribution in [0.25, 0.3) is 0 Å². The van der Waals surface area contributed by atoms with Gasteiger partial charge in [0, 0.05) is 33.2 Å². The fraction of sp³-hybridized carbons (Fsp3) is 0.321. The van der Waals surface area contributed by atoms with E-state index in [0.29, 0.717) is 13.0 Å². The van der Waals surface area contributed by atoms with Crippen molar-refractivity contribution in [2.45, 2.75) is 32.1 Å². The molecule has 4 rings (SSSR count). The topological polar surface area (TPSA) is 59.0 Å². The lowest BCUT2D eigenvalue weighted by Gasteiger charge is -2.33. The molecule has 0 bridgehead atoms. The van der Waals surface area contributed by atoms with Gasteiger partial charge in [0.1, 0.15) is 18.6 Å². The number of benzene rings is 3. The smallest absolute Gasteiger partial charge is 0.120 e. The Morgan fingerprint density at radius 1 is 0.939 bits per heavy atom. The van der Waals surface area contributed by atoms with Gasteiger partial charge in [0.05, 0.1) is 12.7 Å². The molecule has 1 N–H and O–H groups in total. The summed E-state index contributed by atoms with van der Waals surface area (Å²) in [5.74, 6) is 0.846. The lowest BCUT2D eigenvalue weighted by atomic mass is 10.1. The molecule has 1 heterocycles. The van der Waals surface area contributed by atoms with Crippen molar-refractivity contribution in [2.24, 2.45) is 0 Å². The Morgan fingerprint density at radius 3 is 2.30 bits per heavy atom. The van der Waals surface area contributed by atoms with Crippen LogP contribution in [-0.2, 0) is 29.1 Å². The van der Waals surface area contributed by atoms with Gasteiger partial charge in [0.2, 0.25) is 0 Å². The fourth-order valence-corrected chi connectivity index (χ4v) is 3.86. The molecule has 0 aromatic heterocycles. The van der Waals surface area contributed by atoms with E-state index >= 15 is 0 Å². The summed E-state index contributed by atoms with van der Waals surface area (Å²) in [4.78, 5) is 12.9. The Balaban J connectivity index is 0.00000149. The zero-order valence-electron chi connectivity index (χ0n) is 19.2. The Bertz CT molecular complexity index is 942. The zero-order chi connectivity index (χ0) is 23.3. The average Bonchev–Trinajstić information content (AvgIpc) is 2.89. The van der Waals surface area contributed by atoms with E-state index in [1.165, 1.54) is 11.1 Å². The normalized spacial score (nSPS) is 15.9. The van der Waals surface area contributed by atoms with Gasteiger partial charge >= 0.3 is 0 Å². The van der Waals surface area contributed by atoms with Crippen LogP contribution >= 0.6 is 0 Å². The largest absolute Gasteiger partial charge is 0.489 e. The molecular formula is C28H33NO4. The third kappa shape index (κ3) is 7.82. The van der Waals surface area contributed by atoms with Gasteiger partial charge in [0.15, 0.2) is 0 Å². The maximum Gasteiger partial charge on any atom is 0.120 e. The van der Waals surface area contributed by atoms with E-state index < -0.39 is 0 Å². The van der Waals surface area contributed by atoms with Gasteiger partial charge in [-0.3, -0.25) is 4.90 Å².